The molecule has 1 amide bonds. The fourth-order valence-corrected chi connectivity index (χ4v) is 3.77. The first-order valence-electron chi connectivity index (χ1n) is 9.35. The Labute approximate surface area is 164 Å². The van der Waals surface area contributed by atoms with Gasteiger partial charge >= 0.3 is 0 Å². The summed E-state index contributed by atoms with van der Waals surface area (Å²) >= 11 is 1.57. The number of benzene rings is 1. The summed E-state index contributed by atoms with van der Waals surface area (Å²) in [4.78, 5) is 18.9. The highest BCUT2D eigenvalue weighted by Crippen LogP contribution is 2.21. The lowest BCUT2D eigenvalue weighted by molar-refractivity contribution is -0.120. The molecule has 1 aromatic heterocycles. The van der Waals surface area contributed by atoms with Crippen LogP contribution in [-0.4, -0.2) is 42.9 Å². The van der Waals surface area contributed by atoms with Gasteiger partial charge in [0.2, 0.25) is 5.91 Å². The summed E-state index contributed by atoms with van der Waals surface area (Å²) in [5, 5.41) is 7.12. The SMILES string of the molecule is CCCc1ccc(/C(C)=N\NC(=O)Cc2csc(N3CCOCC3)n2)cc1. The molecule has 1 fully saturated rings. The highest BCUT2D eigenvalue weighted by atomic mass is 32.1. The number of nitrogens with one attached hydrogen (secondary N) is 1. The van der Waals surface area contributed by atoms with E-state index in [0.717, 1.165) is 61.2 Å². The lowest BCUT2D eigenvalue weighted by Gasteiger charge is -2.26. The van der Waals surface area contributed by atoms with Gasteiger partial charge in [0.25, 0.3) is 0 Å². The van der Waals surface area contributed by atoms with Gasteiger partial charge in [-0.2, -0.15) is 5.10 Å². The van der Waals surface area contributed by atoms with Gasteiger partial charge in [-0.1, -0.05) is 37.6 Å². The number of carbonyl (C=O) groups excluding carboxylic acids is 1. The summed E-state index contributed by atoms with van der Waals surface area (Å²) in [6, 6.07) is 8.32. The molecule has 3 rings (SSSR count). The number of rotatable bonds is 7. The van der Waals surface area contributed by atoms with Crippen LogP contribution in [0.2, 0.25) is 0 Å². The zero-order chi connectivity index (χ0) is 19.1. The van der Waals surface area contributed by atoms with E-state index in [1.807, 2.05) is 24.4 Å². The molecule has 6 nitrogen and oxygen atoms in total. The Morgan fingerprint density at radius 3 is 2.74 bits per heavy atom. The van der Waals surface area contributed by atoms with Crippen molar-refractivity contribution in [2.24, 2.45) is 5.10 Å². The van der Waals surface area contributed by atoms with Crippen molar-refractivity contribution in [3.8, 4) is 0 Å². The van der Waals surface area contributed by atoms with E-state index in [1.165, 1.54) is 5.56 Å². The van der Waals surface area contributed by atoms with Crippen molar-refractivity contribution in [2.75, 3.05) is 31.2 Å². The number of anilines is 1. The van der Waals surface area contributed by atoms with Gasteiger partial charge in [-0.15, -0.1) is 11.3 Å². The van der Waals surface area contributed by atoms with Crippen LogP contribution < -0.4 is 10.3 Å². The topological polar surface area (TPSA) is 66.8 Å². The van der Waals surface area contributed by atoms with Crippen LogP contribution in [0.1, 0.15) is 37.1 Å². The highest BCUT2D eigenvalue weighted by molar-refractivity contribution is 7.13. The maximum Gasteiger partial charge on any atom is 0.246 e. The summed E-state index contributed by atoms with van der Waals surface area (Å²) < 4.78 is 5.36. The molecule has 2 aromatic rings. The minimum absolute atomic E-state index is 0.157. The molecule has 1 aliphatic rings. The first-order valence-corrected chi connectivity index (χ1v) is 10.2. The largest absolute Gasteiger partial charge is 0.378 e. The van der Waals surface area contributed by atoms with Gasteiger partial charge in [-0.05, 0) is 24.5 Å². The van der Waals surface area contributed by atoms with Crippen LogP contribution in [0, 0.1) is 0 Å². The molecule has 2 heterocycles. The quantitative estimate of drug-likeness (QED) is 0.587. The second-order valence-corrected chi connectivity index (χ2v) is 7.41. The Bertz CT molecular complexity index is 780. The lowest BCUT2D eigenvalue weighted by Crippen LogP contribution is -2.36. The third-order valence-electron chi connectivity index (χ3n) is 4.42. The van der Waals surface area contributed by atoms with Gasteiger partial charge in [-0.3, -0.25) is 4.79 Å². The van der Waals surface area contributed by atoms with E-state index in [1.54, 1.807) is 11.3 Å². The van der Waals surface area contributed by atoms with E-state index in [4.69, 9.17) is 4.74 Å². The van der Waals surface area contributed by atoms with Crippen molar-refractivity contribution >= 4 is 28.1 Å². The molecule has 0 bridgehead atoms. The summed E-state index contributed by atoms with van der Waals surface area (Å²) in [6.07, 6.45) is 2.44. The van der Waals surface area contributed by atoms with Crippen LogP contribution in [0.3, 0.4) is 0 Å². The summed E-state index contributed by atoms with van der Waals surface area (Å²) in [5.41, 5.74) is 6.53. The molecule has 0 atom stereocenters. The van der Waals surface area contributed by atoms with Crippen LogP contribution in [0.5, 0.6) is 0 Å². The number of thiazole rings is 1. The zero-order valence-electron chi connectivity index (χ0n) is 15.9. The standard InChI is InChI=1S/C20H26N4O2S/c1-3-4-16-5-7-17(8-6-16)15(2)22-23-19(25)13-18-14-27-20(21-18)24-9-11-26-12-10-24/h5-8,14H,3-4,9-13H2,1-2H3,(H,23,25)/b22-15-. The molecule has 27 heavy (non-hydrogen) atoms. The third-order valence-corrected chi connectivity index (χ3v) is 5.37. The Hall–Kier alpha value is -2.25. The minimum Gasteiger partial charge on any atom is -0.378 e. The number of hydrazone groups is 1. The Morgan fingerprint density at radius 1 is 1.30 bits per heavy atom. The number of ether oxygens (including phenoxy) is 1. The number of carbonyl (C=O) groups is 1. The third kappa shape index (κ3) is 5.61. The second kappa shape index (κ2) is 9.62. The fraction of sp³-hybridized carbons (Fsp3) is 0.450. The monoisotopic (exact) mass is 386 g/mol. The van der Waals surface area contributed by atoms with Crippen LogP contribution in [0.15, 0.2) is 34.7 Å². The highest BCUT2D eigenvalue weighted by Gasteiger charge is 2.15. The van der Waals surface area contributed by atoms with Crippen molar-refractivity contribution in [1.29, 1.82) is 0 Å². The molecule has 0 spiro atoms. The van der Waals surface area contributed by atoms with Crippen molar-refractivity contribution in [3.05, 3.63) is 46.5 Å². The number of amides is 1. The average Bonchev–Trinajstić information content (AvgIpc) is 3.16. The van der Waals surface area contributed by atoms with E-state index in [-0.39, 0.29) is 12.3 Å². The van der Waals surface area contributed by atoms with Gasteiger partial charge in [-0.25, -0.2) is 10.4 Å². The van der Waals surface area contributed by atoms with Crippen molar-refractivity contribution in [2.45, 2.75) is 33.1 Å². The predicted molar refractivity (Wildman–Crippen MR) is 110 cm³/mol. The number of nitrogens with zero attached hydrogens (tertiary/aromatic N) is 3. The van der Waals surface area contributed by atoms with E-state index in [9.17, 15) is 4.79 Å². The van der Waals surface area contributed by atoms with E-state index < -0.39 is 0 Å². The maximum atomic E-state index is 12.2. The molecule has 1 N–H and O–H groups in total. The molecule has 0 aliphatic carbocycles. The normalized spacial score (nSPS) is 15.0. The number of aromatic nitrogens is 1. The summed E-state index contributed by atoms with van der Waals surface area (Å²) in [7, 11) is 0. The second-order valence-electron chi connectivity index (χ2n) is 6.58. The van der Waals surface area contributed by atoms with Gasteiger partial charge in [0.1, 0.15) is 0 Å². The zero-order valence-corrected chi connectivity index (χ0v) is 16.7. The average molecular weight is 387 g/mol. The van der Waals surface area contributed by atoms with Crippen molar-refractivity contribution in [1.82, 2.24) is 10.4 Å². The fourth-order valence-electron chi connectivity index (χ4n) is 2.89. The maximum absolute atomic E-state index is 12.2. The van der Waals surface area contributed by atoms with E-state index in [2.05, 4.69) is 39.5 Å². The number of aryl methyl sites for hydroxylation is 1. The molecule has 0 unspecified atom stereocenters. The lowest BCUT2D eigenvalue weighted by atomic mass is 10.1. The van der Waals surface area contributed by atoms with E-state index in [0.29, 0.717) is 0 Å². The molecular formula is C20H26N4O2S. The molecule has 7 heteroatoms. The van der Waals surface area contributed by atoms with Crippen molar-refractivity contribution in [3.63, 3.8) is 0 Å². The summed E-state index contributed by atoms with van der Waals surface area (Å²) in [6.45, 7) is 7.21. The predicted octanol–water partition coefficient (Wildman–Crippen LogP) is 3.02. The van der Waals surface area contributed by atoms with Crippen molar-refractivity contribution < 1.29 is 9.53 Å². The molecular weight excluding hydrogens is 360 g/mol. The Morgan fingerprint density at radius 2 is 2.04 bits per heavy atom. The molecule has 1 aromatic carbocycles. The summed E-state index contributed by atoms with van der Waals surface area (Å²) in [5.74, 6) is -0.157. The van der Waals surface area contributed by atoms with Crippen LogP contribution in [0.25, 0.3) is 0 Å². The van der Waals surface area contributed by atoms with Gasteiger partial charge in [0.05, 0.1) is 31.0 Å². The van der Waals surface area contributed by atoms with E-state index >= 15 is 0 Å². The van der Waals surface area contributed by atoms with Crippen LogP contribution in [0.4, 0.5) is 5.13 Å². The Kier molecular flexibility index (Phi) is 6.95. The minimum atomic E-state index is -0.157. The molecule has 0 saturated carbocycles. The number of hydrogen-bond donors (Lipinski definition) is 1. The first-order chi connectivity index (χ1) is 13.2. The smallest absolute Gasteiger partial charge is 0.246 e. The number of morpholine rings is 1. The molecule has 0 radical (unpaired) electrons. The Balaban J connectivity index is 1.52. The van der Waals surface area contributed by atoms with Crippen LogP contribution >= 0.6 is 11.3 Å². The molecule has 1 saturated heterocycles. The molecule has 144 valence electrons. The van der Waals surface area contributed by atoms with Gasteiger partial charge < -0.3 is 9.64 Å². The first kappa shape index (κ1) is 19.5. The van der Waals surface area contributed by atoms with Gasteiger partial charge in [0, 0.05) is 18.5 Å². The molecule has 1 aliphatic heterocycles. The number of hydrogen-bond acceptors (Lipinski definition) is 6. The van der Waals surface area contributed by atoms with Crippen LogP contribution in [-0.2, 0) is 22.4 Å². The van der Waals surface area contributed by atoms with Gasteiger partial charge in [0.15, 0.2) is 5.13 Å².